The van der Waals surface area contributed by atoms with Crippen molar-refractivity contribution in [3.05, 3.63) is 51.8 Å². The van der Waals surface area contributed by atoms with Crippen LogP contribution in [0, 0.1) is 6.92 Å². The Morgan fingerprint density at radius 2 is 1.94 bits per heavy atom. The predicted molar refractivity (Wildman–Crippen MR) is 125 cm³/mol. The number of thiazole rings is 1. The number of nitrogens with zero attached hydrogens (tertiary/aromatic N) is 1. The molecule has 0 atom stereocenters. The maximum Gasteiger partial charge on any atom is 0.350 e. The number of carbonyl (C=O) groups is 3. The van der Waals surface area contributed by atoms with E-state index in [0.717, 1.165) is 21.0 Å². The van der Waals surface area contributed by atoms with E-state index < -0.39 is 11.9 Å². The van der Waals surface area contributed by atoms with Crippen LogP contribution in [-0.4, -0.2) is 35.1 Å². The number of thiophene rings is 1. The van der Waals surface area contributed by atoms with E-state index in [4.69, 9.17) is 10.5 Å². The number of anilines is 1. The van der Waals surface area contributed by atoms with Crippen molar-refractivity contribution in [2.24, 2.45) is 5.73 Å². The van der Waals surface area contributed by atoms with Crippen LogP contribution in [0.5, 0.6) is 0 Å². The molecule has 2 amide bonds. The van der Waals surface area contributed by atoms with E-state index in [1.165, 1.54) is 34.4 Å². The van der Waals surface area contributed by atoms with Crippen molar-refractivity contribution >= 4 is 57.9 Å². The molecule has 0 aliphatic carbocycles. The minimum atomic E-state index is -0.468. The number of nitrogens with two attached hydrogens (primary N) is 1. The van der Waals surface area contributed by atoms with E-state index in [0.29, 0.717) is 14.9 Å². The van der Waals surface area contributed by atoms with E-state index in [9.17, 15) is 14.4 Å². The van der Waals surface area contributed by atoms with E-state index in [1.54, 1.807) is 19.9 Å². The summed E-state index contributed by atoms with van der Waals surface area (Å²) in [4.78, 5) is 42.5. The van der Waals surface area contributed by atoms with Crippen LogP contribution in [0.3, 0.4) is 0 Å². The van der Waals surface area contributed by atoms with Gasteiger partial charge in [0, 0.05) is 9.75 Å². The third kappa shape index (κ3) is 6.16. The van der Waals surface area contributed by atoms with Gasteiger partial charge in [-0.2, -0.15) is 0 Å². The zero-order chi connectivity index (χ0) is 22.4. The van der Waals surface area contributed by atoms with Gasteiger partial charge in [0.05, 0.1) is 30.2 Å². The van der Waals surface area contributed by atoms with Crippen molar-refractivity contribution in [1.82, 2.24) is 4.98 Å². The number of carbonyl (C=O) groups excluding carboxylic acids is 3. The van der Waals surface area contributed by atoms with Gasteiger partial charge in [-0.15, -0.1) is 22.7 Å². The standard InChI is InChI=1S/C21H21N3O4S3/c1-3-28-20(27)19-14(9-16(30-19)13-7-5-4-6-8-13)24-18(26)11-29-21-23-12(2)15(31-21)10-17(22)25/h4-9H,3,10-11H2,1-2H3,(H2,22,25)(H,24,26). The van der Waals surface area contributed by atoms with Crippen LogP contribution in [0.15, 0.2) is 40.7 Å². The minimum Gasteiger partial charge on any atom is -0.462 e. The van der Waals surface area contributed by atoms with Gasteiger partial charge in [-0.25, -0.2) is 9.78 Å². The Hall–Kier alpha value is -2.69. The number of hydrogen-bond donors (Lipinski definition) is 2. The summed E-state index contributed by atoms with van der Waals surface area (Å²) in [7, 11) is 0. The Morgan fingerprint density at radius 1 is 1.19 bits per heavy atom. The normalized spacial score (nSPS) is 10.6. The molecule has 0 saturated carbocycles. The second-order valence-corrected chi connectivity index (χ2v) is 9.77. The molecule has 0 fully saturated rings. The molecule has 2 aromatic heterocycles. The Bertz CT molecular complexity index is 1090. The summed E-state index contributed by atoms with van der Waals surface area (Å²) >= 11 is 3.90. The van der Waals surface area contributed by atoms with E-state index in [-0.39, 0.29) is 24.7 Å². The molecular formula is C21H21N3O4S3. The highest BCUT2D eigenvalue weighted by atomic mass is 32.2. The van der Waals surface area contributed by atoms with Gasteiger partial charge in [-0.05, 0) is 25.5 Å². The van der Waals surface area contributed by atoms with Crippen LogP contribution in [0.25, 0.3) is 10.4 Å². The summed E-state index contributed by atoms with van der Waals surface area (Å²) < 4.78 is 5.83. The monoisotopic (exact) mass is 475 g/mol. The number of aromatic nitrogens is 1. The molecule has 3 rings (SSSR count). The molecule has 162 valence electrons. The largest absolute Gasteiger partial charge is 0.462 e. The first kappa shape index (κ1) is 23.0. The summed E-state index contributed by atoms with van der Waals surface area (Å²) in [5.74, 6) is -1.04. The van der Waals surface area contributed by atoms with E-state index in [1.807, 2.05) is 30.3 Å². The number of thioether (sulfide) groups is 1. The number of rotatable bonds is 9. The molecule has 3 aromatic rings. The maximum absolute atomic E-state index is 12.6. The number of hydrogen-bond acceptors (Lipinski definition) is 8. The van der Waals surface area contributed by atoms with Crippen LogP contribution in [0.2, 0.25) is 0 Å². The Labute approximate surface area is 192 Å². The highest BCUT2D eigenvalue weighted by molar-refractivity contribution is 8.01. The molecule has 10 heteroatoms. The molecule has 0 aliphatic rings. The van der Waals surface area contributed by atoms with Crippen molar-refractivity contribution in [2.45, 2.75) is 24.6 Å². The van der Waals surface area contributed by atoms with Crippen molar-refractivity contribution in [2.75, 3.05) is 17.7 Å². The number of nitrogens with one attached hydrogen (secondary N) is 1. The zero-order valence-electron chi connectivity index (χ0n) is 17.0. The van der Waals surface area contributed by atoms with Crippen LogP contribution in [-0.2, 0) is 20.7 Å². The average Bonchev–Trinajstić information content (AvgIpc) is 3.30. The second-order valence-electron chi connectivity index (χ2n) is 6.41. The van der Waals surface area contributed by atoms with Gasteiger partial charge in [0.25, 0.3) is 0 Å². The lowest BCUT2D eigenvalue weighted by molar-refractivity contribution is -0.117. The van der Waals surface area contributed by atoms with Crippen molar-refractivity contribution < 1.29 is 19.1 Å². The summed E-state index contributed by atoms with van der Waals surface area (Å²) in [5, 5.41) is 2.82. The fourth-order valence-corrected chi connectivity index (χ4v) is 5.73. The molecule has 0 spiro atoms. The van der Waals surface area contributed by atoms with Gasteiger partial charge >= 0.3 is 5.97 Å². The average molecular weight is 476 g/mol. The summed E-state index contributed by atoms with van der Waals surface area (Å²) in [6.07, 6.45) is 0.135. The van der Waals surface area contributed by atoms with Gasteiger partial charge in [0.1, 0.15) is 4.88 Å². The zero-order valence-corrected chi connectivity index (χ0v) is 19.4. The number of esters is 1. The number of aryl methyl sites for hydroxylation is 1. The molecule has 1 aromatic carbocycles. The molecule has 7 nitrogen and oxygen atoms in total. The van der Waals surface area contributed by atoms with E-state index >= 15 is 0 Å². The van der Waals surface area contributed by atoms with Crippen LogP contribution in [0.1, 0.15) is 27.2 Å². The van der Waals surface area contributed by atoms with Crippen LogP contribution >= 0.6 is 34.4 Å². The lowest BCUT2D eigenvalue weighted by Crippen LogP contribution is -2.16. The highest BCUT2D eigenvalue weighted by Gasteiger charge is 2.20. The second kappa shape index (κ2) is 10.6. The number of primary amides is 1. The number of benzene rings is 1. The molecule has 3 N–H and O–H groups in total. The molecule has 0 saturated heterocycles. The van der Waals surface area contributed by atoms with Crippen LogP contribution in [0.4, 0.5) is 5.69 Å². The lowest BCUT2D eigenvalue weighted by Gasteiger charge is -2.05. The molecule has 31 heavy (non-hydrogen) atoms. The fourth-order valence-electron chi connectivity index (χ4n) is 2.68. The van der Waals surface area contributed by atoms with Gasteiger partial charge in [0.2, 0.25) is 11.8 Å². The number of amides is 2. The van der Waals surface area contributed by atoms with Gasteiger partial charge < -0.3 is 15.8 Å². The van der Waals surface area contributed by atoms with E-state index in [2.05, 4.69) is 10.3 Å². The van der Waals surface area contributed by atoms with Gasteiger partial charge in [-0.3, -0.25) is 9.59 Å². The smallest absolute Gasteiger partial charge is 0.350 e. The summed E-state index contributed by atoms with van der Waals surface area (Å²) in [6.45, 7) is 3.79. The Morgan fingerprint density at radius 3 is 2.61 bits per heavy atom. The molecular weight excluding hydrogens is 454 g/mol. The minimum absolute atomic E-state index is 0.113. The molecule has 0 aliphatic heterocycles. The Balaban J connectivity index is 1.72. The predicted octanol–water partition coefficient (Wildman–Crippen LogP) is 4.12. The Kier molecular flexibility index (Phi) is 7.83. The molecule has 0 unspecified atom stereocenters. The summed E-state index contributed by atoms with van der Waals surface area (Å²) in [5.41, 5.74) is 7.37. The van der Waals surface area contributed by atoms with Gasteiger partial charge in [0.15, 0.2) is 4.34 Å². The quantitative estimate of drug-likeness (QED) is 0.356. The molecule has 2 heterocycles. The summed E-state index contributed by atoms with van der Waals surface area (Å²) in [6, 6.07) is 11.4. The van der Waals surface area contributed by atoms with Crippen molar-refractivity contribution in [1.29, 1.82) is 0 Å². The first-order valence-corrected chi connectivity index (χ1v) is 12.0. The first-order valence-electron chi connectivity index (χ1n) is 9.41. The maximum atomic E-state index is 12.6. The third-order valence-corrected chi connectivity index (χ3v) is 7.52. The van der Waals surface area contributed by atoms with Gasteiger partial charge in [-0.1, -0.05) is 42.1 Å². The van der Waals surface area contributed by atoms with Crippen LogP contribution < -0.4 is 11.1 Å². The lowest BCUT2D eigenvalue weighted by atomic mass is 10.2. The number of ether oxygens (including phenoxy) is 1. The fraction of sp³-hybridized carbons (Fsp3) is 0.238. The SMILES string of the molecule is CCOC(=O)c1sc(-c2ccccc2)cc1NC(=O)CSc1nc(C)c(CC(N)=O)s1. The highest BCUT2D eigenvalue weighted by Crippen LogP contribution is 2.35. The first-order chi connectivity index (χ1) is 14.9. The molecule has 0 radical (unpaired) electrons. The van der Waals surface area contributed by atoms with Crippen molar-refractivity contribution in [3.63, 3.8) is 0 Å². The topological polar surface area (TPSA) is 111 Å². The van der Waals surface area contributed by atoms with Crippen molar-refractivity contribution in [3.8, 4) is 10.4 Å². The molecule has 0 bridgehead atoms. The third-order valence-electron chi connectivity index (χ3n) is 4.06.